The molecule has 21 heavy (non-hydrogen) atoms. The fourth-order valence-electron chi connectivity index (χ4n) is 1.73. The molecule has 0 N–H and O–H groups in total. The molecule has 0 aliphatic rings. The highest BCUT2D eigenvalue weighted by Crippen LogP contribution is 2.30. The molecule has 0 heterocycles. The third-order valence-electron chi connectivity index (χ3n) is 2.77. The van der Waals surface area contributed by atoms with Crippen molar-refractivity contribution in [2.45, 2.75) is 6.61 Å². The molecular weight excluding hydrogens is 362 g/mol. The number of benzene rings is 2. The zero-order valence-corrected chi connectivity index (χ0v) is 12.9. The van der Waals surface area contributed by atoms with Gasteiger partial charge in [0.1, 0.15) is 16.8 Å². The predicted octanol–water partition coefficient (Wildman–Crippen LogP) is 4.40. The van der Waals surface area contributed by atoms with Crippen molar-refractivity contribution < 1.29 is 14.5 Å². The lowest BCUT2D eigenvalue weighted by molar-refractivity contribution is -0.385. The Morgan fingerprint density at radius 1 is 1.29 bits per heavy atom. The number of hydrogen-bond donors (Lipinski definition) is 0. The van der Waals surface area contributed by atoms with Gasteiger partial charge in [0.25, 0.3) is 5.69 Å². The minimum atomic E-state index is -0.482. The van der Waals surface area contributed by atoms with Gasteiger partial charge in [0.05, 0.1) is 15.5 Å². The van der Waals surface area contributed by atoms with Gasteiger partial charge in [-0.05, 0) is 28.1 Å². The van der Waals surface area contributed by atoms with E-state index in [0.29, 0.717) is 27.1 Å². The Balaban J connectivity index is 2.25. The van der Waals surface area contributed by atoms with E-state index < -0.39 is 4.92 Å². The molecule has 0 bridgehead atoms. The summed E-state index contributed by atoms with van der Waals surface area (Å²) in [5.41, 5.74) is 0.805. The lowest BCUT2D eigenvalue weighted by Crippen LogP contribution is -2.01. The number of nitro groups is 1. The van der Waals surface area contributed by atoms with E-state index in [1.165, 1.54) is 6.07 Å². The largest absolute Gasteiger partial charge is 0.488 e. The molecule has 5 nitrogen and oxygen atoms in total. The Morgan fingerprint density at radius 2 is 2.00 bits per heavy atom. The van der Waals surface area contributed by atoms with Crippen LogP contribution >= 0.6 is 27.5 Å². The van der Waals surface area contributed by atoms with Crippen molar-refractivity contribution in [3.63, 3.8) is 0 Å². The average molecular weight is 371 g/mol. The maximum atomic E-state index is 11.0. The maximum Gasteiger partial charge on any atom is 0.283 e. The first-order valence-corrected chi connectivity index (χ1v) is 7.00. The minimum Gasteiger partial charge on any atom is -0.488 e. The quantitative estimate of drug-likeness (QED) is 0.444. The summed E-state index contributed by atoms with van der Waals surface area (Å²) in [4.78, 5) is 21.4. The second-order valence-electron chi connectivity index (χ2n) is 4.07. The van der Waals surface area contributed by atoms with Crippen LogP contribution in [0.3, 0.4) is 0 Å². The Kier molecular flexibility index (Phi) is 4.93. The molecule has 2 aromatic carbocycles. The van der Waals surface area contributed by atoms with Gasteiger partial charge in [-0.2, -0.15) is 0 Å². The summed E-state index contributed by atoms with van der Waals surface area (Å²) in [5, 5.41) is 11.2. The van der Waals surface area contributed by atoms with Gasteiger partial charge < -0.3 is 4.74 Å². The summed E-state index contributed by atoms with van der Waals surface area (Å²) >= 11 is 9.09. The third-order valence-corrected chi connectivity index (χ3v) is 4.01. The topological polar surface area (TPSA) is 69.4 Å². The molecule has 2 rings (SSSR count). The van der Waals surface area contributed by atoms with E-state index in [1.807, 2.05) is 0 Å². The van der Waals surface area contributed by atoms with E-state index in [9.17, 15) is 14.9 Å². The van der Waals surface area contributed by atoms with Crippen LogP contribution in [0, 0.1) is 10.1 Å². The van der Waals surface area contributed by atoms with Gasteiger partial charge in [-0.3, -0.25) is 14.9 Å². The monoisotopic (exact) mass is 369 g/mol. The number of aldehydes is 1. The molecule has 2 aromatic rings. The van der Waals surface area contributed by atoms with Gasteiger partial charge in [-0.15, -0.1) is 0 Å². The molecule has 0 spiro atoms. The van der Waals surface area contributed by atoms with Crippen molar-refractivity contribution in [2.75, 3.05) is 0 Å². The van der Waals surface area contributed by atoms with E-state index in [4.69, 9.17) is 16.3 Å². The smallest absolute Gasteiger partial charge is 0.283 e. The van der Waals surface area contributed by atoms with Crippen LogP contribution in [0.1, 0.15) is 15.9 Å². The molecule has 0 amide bonds. The SMILES string of the molecule is O=Cc1c(Cl)cccc1OCc1cccc([N+](=O)[O-])c1Br. The summed E-state index contributed by atoms with van der Waals surface area (Å²) in [6, 6.07) is 9.52. The summed E-state index contributed by atoms with van der Waals surface area (Å²) < 4.78 is 5.89. The van der Waals surface area contributed by atoms with Crippen LogP contribution in [0.15, 0.2) is 40.9 Å². The fraction of sp³-hybridized carbons (Fsp3) is 0.0714. The molecule has 7 heteroatoms. The number of hydrogen-bond acceptors (Lipinski definition) is 4. The van der Waals surface area contributed by atoms with Gasteiger partial charge in [0, 0.05) is 11.6 Å². The number of ether oxygens (including phenoxy) is 1. The zero-order valence-electron chi connectivity index (χ0n) is 10.6. The molecule has 0 fully saturated rings. The highest BCUT2D eigenvalue weighted by molar-refractivity contribution is 9.10. The van der Waals surface area contributed by atoms with Gasteiger partial charge in [0.15, 0.2) is 6.29 Å². The average Bonchev–Trinajstić information content (AvgIpc) is 2.46. The number of nitrogens with zero attached hydrogens (tertiary/aromatic N) is 1. The maximum absolute atomic E-state index is 11.0. The molecule has 0 aliphatic carbocycles. The van der Waals surface area contributed by atoms with Gasteiger partial charge in [-0.25, -0.2) is 0 Å². The summed E-state index contributed by atoms with van der Waals surface area (Å²) in [6.45, 7) is 0.0729. The molecule has 0 radical (unpaired) electrons. The molecule has 108 valence electrons. The number of halogens is 2. The number of rotatable bonds is 5. The van der Waals surface area contributed by atoms with Crippen molar-refractivity contribution in [3.05, 3.63) is 67.1 Å². The van der Waals surface area contributed by atoms with Crippen LogP contribution < -0.4 is 4.74 Å². The molecule has 0 saturated carbocycles. The molecule has 0 unspecified atom stereocenters. The number of carbonyl (C=O) groups is 1. The van der Waals surface area contributed by atoms with E-state index in [2.05, 4.69) is 15.9 Å². The van der Waals surface area contributed by atoms with Crippen LogP contribution in [0.4, 0.5) is 5.69 Å². The minimum absolute atomic E-state index is 0.0437. The van der Waals surface area contributed by atoms with Gasteiger partial charge in [0.2, 0.25) is 0 Å². The van der Waals surface area contributed by atoms with Crippen molar-refractivity contribution >= 4 is 39.5 Å². The standard InChI is InChI=1S/C14H9BrClNO4/c15-14-9(3-1-5-12(14)17(19)20)8-21-13-6-2-4-11(16)10(13)7-18/h1-7H,8H2. The van der Waals surface area contributed by atoms with Crippen LogP contribution in [0.2, 0.25) is 5.02 Å². The normalized spacial score (nSPS) is 10.2. The Labute approximate surface area is 133 Å². The molecule has 0 aliphatic heterocycles. The van der Waals surface area contributed by atoms with Crippen LogP contribution in [0.25, 0.3) is 0 Å². The van der Waals surface area contributed by atoms with E-state index in [0.717, 1.165) is 0 Å². The second-order valence-corrected chi connectivity index (χ2v) is 5.27. The van der Waals surface area contributed by atoms with Gasteiger partial charge >= 0.3 is 0 Å². The lowest BCUT2D eigenvalue weighted by atomic mass is 10.2. The molecule has 0 atom stereocenters. The molecular formula is C14H9BrClNO4. The first-order valence-electron chi connectivity index (χ1n) is 5.83. The van der Waals surface area contributed by atoms with Crippen molar-refractivity contribution in [3.8, 4) is 5.75 Å². The first kappa shape index (κ1) is 15.5. The summed E-state index contributed by atoms with van der Waals surface area (Å²) in [6.07, 6.45) is 0.611. The van der Waals surface area contributed by atoms with E-state index in [1.54, 1.807) is 30.3 Å². The highest BCUT2D eigenvalue weighted by Gasteiger charge is 2.15. The summed E-state index contributed by atoms with van der Waals surface area (Å²) in [5.74, 6) is 0.330. The zero-order chi connectivity index (χ0) is 15.4. The predicted molar refractivity (Wildman–Crippen MR) is 82.0 cm³/mol. The first-order chi connectivity index (χ1) is 10.0. The Hall–Kier alpha value is -1.92. The number of carbonyl (C=O) groups excluding carboxylic acids is 1. The highest BCUT2D eigenvalue weighted by atomic mass is 79.9. The van der Waals surface area contributed by atoms with Crippen LogP contribution in [0.5, 0.6) is 5.75 Å². The Bertz CT molecular complexity index is 705. The van der Waals surface area contributed by atoms with E-state index >= 15 is 0 Å². The number of nitro benzene ring substituents is 1. The molecule has 0 saturated heterocycles. The molecule has 0 aromatic heterocycles. The van der Waals surface area contributed by atoms with Crippen molar-refractivity contribution in [1.29, 1.82) is 0 Å². The third kappa shape index (κ3) is 3.40. The fourth-order valence-corrected chi connectivity index (χ4v) is 2.47. The Morgan fingerprint density at radius 3 is 2.67 bits per heavy atom. The summed E-state index contributed by atoms with van der Waals surface area (Å²) in [7, 11) is 0. The van der Waals surface area contributed by atoms with Gasteiger partial charge in [-0.1, -0.05) is 29.8 Å². The van der Waals surface area contributed by atoms with Crippen LogP contribution in [-0.2, 0) is 6.61 Å². The van der Waals surface area contributed by atoms with Crippen molar-refractivity contribution in [1.82, 2.24) is 0 Å². The second kappa shape index (κ2) is 6.69. The van der Waals surface area contributed by atoms with Crippen LogP contribution in [-0.4, -0.2) is 11.2 Å². The van der Waals surface area contributed by atoms with Crippen molar-refractivity contribution in [2.24, 2.45) is 0 Å². The lowest BCUT2D eigenvalue weighted by Gasteiger charge is -2.10. The van der Waals surface area contributed by atoms with E-state index in [-0.39, 0.29) is 17.9 Å².